The van der Waals surface area contributed by atoms with E-state index in [-0.39, 0.29) is 17.6 Å². The molecule has 114 valence electrons. The summed E-state index contributed by atoms with van der Waals surface area (Å²) in [4.78, 5) is 28.8. The molecular weight excluding hydrogens is 303 g/mol. The van der Waals surface area contributed by atoms with Gasteiger partial charge in [-0.05, 0) is 42.6 Å². The van der Waals surface area contributed by atoms with Crippen molar-refractivity contribution in [3.05, 3.63) is 52.5 Å². The van der Waals surface area contributed by atoms with Crippen molar-refractivity contribution in [3.8, 4) is 0 Å². The largest absolute Gasteiger partial charge is 0.324 e. The number of amides is 2. The average molecular weight is 318 g/mol. The van der Waals surface area contributed by atoms with Gasteiger partial charge >= 0.3 is 0 Å². The zero-order valence-electron chi connectivity index (χ0n) is 12.0. The van der Waals surface area contributed by atoms with Gasteiger partial charge in [-0.3, -0.25) is 9.59 Å². The van der Waals surface area contributed by atoms with E-state index in [1.54, 1.807) is 34.9 Å². The Morgan fingerprint density at radius 1 is 1.23 bits per heavy atom. The molecule has 3 rings (SSSR count). The van der Waals surface area contributed by atoms with Crippen LogP contribution in [0.5, 0.6) is 0 Å². The molecule has 0 saturated carbocycles. The van der Waals surface area contributed by atoms with Crippen molar-refractivity contribution in [2.24, 2.45) is 0 Å². The first-order chi connectivity index (χ1) is 10.6. The molecular formula is C16H15FN2O2S. The molecule has 0 unspecified atom stereocenters. The first-order valence-electron chi connectivity index (χ1n) is 6.99. The first-order valence-corrected chi connectivity index (χ1v) is 7.87. The smallest absolute Gasteiger partial charge is 0.264 e. The summed E-state index contributed by atoms with van der Waals surface area (Å²) in [7, 11) is 0. The van der Waals surface area contributed by atoms with E-state index in [4.69, 9.17) is 0 Å². The highest BCUT2D eigenvalue weighted by atomic mass is 32.1. The zero-order valence-corrected chi connectivity index (χ0v) is 12.8. The van der Waals surface area contributed by atoms with Gasteiger partial charge in [0.1, 0.15) is 11.9 Å². The summed E-state index contributed by atoms with van der Waals surface area (Å²) < 4.78 is 13.0. The van der Waals surface area contributed by atoms with Crippen molar-refractivity contribution in [1.82, 2.24) is 4.90 Å². The lowest BCUT2D eigenvalue weighted by molar-refractivity contribution is -0.124. The number of halogens is 1. The highest BCUT2D eigenvalue weighted by Gasteiger charge is 2.35. The van der Waals surface area contributed by atoms with E-state index < -0.39 is 6.04 Å². The Morgan fingerprint density at radius 2 is 1.95 bits per heavy atom. The van der Waals surface area contributed by atoms with Crippen molar-refractivity contribution in [2.75, 3.05) is 18.0 Å². The molecule has 2 aromatic rings. The molecule has 4 nitrogen and oxygen atoms in total. The Morgan fingerprint density at radius 3 is 2.59 bits per heavy atom. The lowest BCUT2D eigenvalue weighted by Crippen LogP contribution is -2.57. The van der Waals surface area contributed by atoms with Crippen LogP contribution in [0.2, 0.25) is 0 Å². The fraction of sp³-hybridized carbons (Fsp3) is 0.250. The van der Waals surface area contributed by atoms with Crippen LogP contribution in [-0.2, 0) is 4.79 Å². The number of rotatable bonds is 2. The number of hydrogen-bond donors (Lipinski definition) is 0. The SMILES string of the molecule is C[C@@H]1C(=O)N(c2ccc(F)cc2)CCN1C(=O)c1cccs1. The number of carbonyl (C=O) groups excluding carboxylic acids is 2. The van der Waals surface area contributed by atoms with E-state index in [0.717, 1.165) is 0 Å². The van der Waals surface area contributed by atoms with Crippen LogP contribution >= 0.6 is 11.3 Å². The second-order valence-corrected chi connectivity index (χ2v) is 6.07. The van der Waals surface area contributed by atoms with Crippen LogP contribution in [-0.4, -0.2) is 35.8 Å². The van der Waals surface area contributed by atoms with Gasteiger partial charge in [-0.1, -0.05) is 6.07 Å². The third-order valence-corrected chi connectivity index (χ3v) is 4.64. The molecule has 0 radical (unpaired) electrons. The van der Waals surface area contributed by atoms with Crippen molar-refractivity contribution in [1.29, 1.82) is 0 Å². The number of nitrogens with zero attached hydrogens (tertiary/aromatic N) is 2. The molecule has 2 heterocycles. The van der Waals surface area contributed by atoms with Crippen molar-refractivity contribution in [3.63, 3.8) is 0 Å². The summed E-state index contributed by atoms with van der Waals surface area (Å²) in [5.74, 6) is -0.604. The summed E-state index contributed by atoms with van der Waals surface area (Å²) in [5.41, 5.74) is 0.654. The van der Waals surface area contributed by atoms with Crippen molar-refractivity contribution >= 4 is 28.8 Å². The number of carbonyl (C=O) groups is 2. The van der Waals surface area contributed by atoms with E-state index >= 15 is 0 Å². The molecule has 1 saturated heterocycles. The van der Waals surface area contributed by atoms with Gasteiger partial charge in [0.15, 0.2) is 0 Å². The number of hydrogen-bond acceptors (Lipinski definition) is 3. The molecule has 1 aromatic carbocycles. The van der Waals surface area contributed by atoms with Gasteiger partial charge in [0.25, 0.3) is 5.91 Å². The second kappa shape index (κ2) is 5.88. The fourth-order valence-corrected chi connectivity index (χ4v) is 3.25. The molecule has 0 spiro atoms. The number of thiophene rings is 1. The summed E-state index contributed by atoms with van der Waals surface area (Å²) in [5, 5.41) is 1.84. The Kier molecular flexibility index (Phi) is 3.94. The van der Waals surface area contributed by atoms with Crippen LogP contribution in [0.15, 0.2) is 41.8 Å². The van der Waals surface area contributed by atoms with Crippen LogP contribution in [0.1, 0.15) is 16.6 Å². The van der Waals surface area contributed by atoms with Crippen LogP contribution in [0.4, 0.5) is 10.1 Å². The van der Waals surface area contributed by atoms with Crippen molar-refractivity contribution < 1.29 is 14.0 Å². The van der Waals surface area contributed by atoms with Crippen LogP contribution in [0, 0.1) is 5.82 Å². The first kappa shape index (κ1) is 14.7. The van der Waals surface area contributed by atoms with E-state index in [1.165, 1.54) is 23.5 Å². The van der Waals surface area contributed by atoms with E-state index in [2.05, 4.69) is 0 Å². The highest BCUT2D eigenvalue weighted by molar-refractivity contribution is 7.12. The van der Waals surface area contributed by atoms with Crippen molar-refractivity contribution in [2.45, 2.75) is 13.0 Å². The molecule has 1 aliphatic rings. The van der Waals surface area contributed by atoms with Gasteiger partial charge in [0, 0.05) is 18.8 Å². The maximum absolute atomic E-state index is 13.0. The molecule has 0 aliphatic carbocycles. The minimum absolute atomic E-state index is 0.116. The standard InChI is InChI=1S/C16H15FN2O2S/c1-11-15(20)19(13-6-4-12(17)5-7-13)9-8-18(11)16(21)14-3-2-10-22-14/h2-7,10-11H,8-9H2,1H3/t11-/m1/s1. The number of benzene rings is 1. The zero-order chi connectivity index (χ0) is 15.7. The molecule has 1 atom stereocenters. The van der Waals surface area contributed by atoms with Gasteiger partial charge in [-0.25, -0.2) is 4.39 Å². The Labute approximate surface area is 131 Å². The maximum Gasteiger partial charge on any atom is 0.264 e. The minimum Gasteiger partial charge on any atom is -0.324 e. The third-order valence-electron chi connectivity index (χ3n) is 3.79. The van der Waals surface area contributed by atoms with Crippen LogP contribution < -0.4 is 4.90 Å². The highest BCUT2D eigenvalue weighted by Crippen LogP contribution is 2.23. The molecule has 1 fully saturated rings. The minimum atomic E-state index is -0.534. The van der Waals surface area contributed by atoms with Crippen LogP contribution in [0.25, 0.3) is 0 Å². The predicted molar refractivity (Wildman–Crippen MR) is 83.6 cm³/mol. The monoisotopic (exact) mass is 318 g/mol. The number of piperazine rings is 1. The normalized spacial score (nSPS) is 18.6. The topological polar surface area (TPSA) is 40.6 Å². The Bertz CT molecular complexity index is 685. The Balaban J connectivity index is 1.78. The molecule has 1 aromatic heterocycles. The molecule has 0 bridgehead atoms. The fourth-order valence-electron chi connectivity index (χ4n) is 2.57. The summed E-state index contributed by atoms with van der Waals surface area (Å²) in [6.07, 6.45) is 0. The summed E-state index contributed by atoms with van der Waals surface area (Å²) >= 11 is 1.37. The molecule has 2 amide bonds. The van der Waals surface area contributed by atoms with E-state index in [0.29, 0.717) is 23.7 Å². The molecule has 6 heteroatoms. The quantitative estimate of drug-likeness (QED) is 0.854. The molecule has 1 aliphatic heterocycles. The lowest BCUT2D eigenvalue weighted by Gasteiger charge is -2.39. The predicted octanol–water partition coefficient (Wildman–Crippen LogP) is 2.76. The van der Waals surface area contributed by atoms with Gasteiger partial charge in [0.05, 0.1) is 4.88 Å². The molecule has 22 heavy (non-hydrogen) atoms. The number of anilines is 1. The van der Waals surface area contributed by atoms with E-state index in [9.17, 15) is 14.0 Å². The van der Waals surface area contributed by atoms with Crippen LogP contribution in [0.3, 0.4) is 0 Å². The second-order valence-electron chi connectivity index (χ2n) is 5.12. The van der Waals surface area contributed by atoms with Gasteiger partial charge < -0.3 is 9.80 Å². The van der Waals surface area contributed by atoms with Gasteiger partial charge in [0.2, 0.25) is 5.91 Å². The van der Waals surface area contributed by atoms with Gasteiger partial charge in [-0.2, -0.15) is 0 Å². The Hall–Kier alpha value is -2.21. The maximum atomic E-state index is 13.0. The summed E-state index contributed by atoms with van der Waals surface area (Å²) in [6.45, 7) is 2.59. The lowest BCUT2D eigenvalue weighted by atomic mass is 10.1. The summed E-state index contributed by atoms with van der Waals surface area (Å²) in [6, 6.07) is 8.86. The average Bonchev–Trinajstić information content (AvgIpc) is 3.05. The molecule has 0 N–H and O–H groups in total. The van der Waals surface area contributed by atoms with Gasteiger partial charge in [-0.15, -0.1) is 11.3 Å². The van der Waals surface area contributed by atoms with E-state index in [1.807, 2.05) is 11.4 Å². The third kappa shape index (κ3) is 2.62.